The van der Waals surface area contributed by atoms with E-state index >= 15 is 0 Å². The Balaban J connectivity index is 3.90. The maximum absolute atomic E-state index is 11.6. The predicted molar refractivity (Wildman–Crippen MR) is 57.0 cm³/mol. The maximum Gasteiger partial charge on any atom is 0.340 e. The average molecular weight is 211 g/mol. The normalized spacial score (nSPS) is 10.3. The summed E-state index contributed by atoms with van der Waals surface area (Å²) in [6, 6.07) is 0. The quantitative estimate of drug-likeness (QED) is 0.664. The SMILES string of the molecule is C=Cn1c(=O)n(CC)c(=O)n(CC)c1=O. The van der Waals surface area contributed by atoms with E-state index in [0.717, 1.165) is 19.9 Å². The third-order valence-electron chi connectivity index (χ3n) is 2.15. The van der Waals surface area contributed by atoms with E-state index in [2.05, 4.69) is 6.58 Å². The largest absolute Gasteiger partial charge is 0.340 e. The van der Waals surface area contributed by atoms with Crippen molar-refractivity contribution in [3.63, 3.8) is 0 Å². The van der Waals surface area contributed by atoms with Crippen LogP contribution in [0.4, 0.5) is 0 Å². The van der Waals surface area contributed by atoms with E-state index in [0.29, 0.717) is 0 Å². The number of hydrogen-bond acceptors (Lipinski definition) is 3. The minimum atomic E-state index is -0.646. The molecule has 0 aliphatic heterocycles. The molecule has 82 valence electrons. The summed E-state index contributed by atoms with van der Waals surface area (Å²) in [7, 11) is 0. The van der Waals surface area contributed by atoms with Crippen LogP contribution in [0.5, 0.6) is 0 Å². The second-order valence-corrected chi connectivity index (χ2v) is 2.89. The fourth-order valence-corrected chi connectivity index (χ4v) is 1.35. The molecule has 0 saturated carbocycles. The number of aromatic nitrogens is 3. The van der Waals surface area contributed by atoms with Crippen LogP contribution in [0.25, 0.3) is 6.20 Å². The smallest absolute Gasteiger partial charge is 0.247 e. The molecule has 0 saturated heterocycles. The standard InChI is InChI=1S/C9H13N3O3/c1-4-10-7(13)11(5-2)9(15)12(6-3)8(10)14/h4H,1,5-6H2,2-3H3. The lowest BCUT2D eigenvalue weighted by molar-refractivity contribution is 0.520. The zero-order valence-corrected chi connectivity index (χ0v) is 8.77. The third kappa shape index (κ3) is 1.58. The van der Waals surface area contributed by atoms with E-state index in [1.165, 1.54) is 0 Å². The van der Waals surface area contributed by atoms with Gasteiger partial charge >= 0.3 is 17.1 Å². The Kier molecular flexibility index (Phi) is 3.08. The second-order valence-electron chi connectivity index (χ2n) is 2.89. The maximum atomic E-state index is 11.6. The van der Waals surface area contributed by atoms with Crippen molar-refractivity contribution in [2.24, 2.45) is 0 Å². The van der Waals surface area contributed by atoms with E-state index in [9.17, 15) is 14.4 Å². The molecule has 0 aromatic carbocycles. The zero-order valence-electron chi connectivity index (χ0n) is 8.77. The summed E-state index contributed by atoms with van der Waals surface area (Å²) in [6.45, 7) is 7.16. The Hall–Kier alpha value is -1.85. The summed E-state index contributed by atoms with van der Waals surface area (Å²) in [6.07, 6.45) is 1.11. The number of nitrogens with zero attached hydrogens (tertiary/aromatic N) is 3. The molecule has 15 heavy (non-hydrogen) atoms. The van der Waals surface area contributed by atoms with Crippen molar-refractivity contribution >= 4 is 6.20 Å². The van der Waals surface area contributed by atoms with Crippen molar-refractivity contribution in [2.75, 3.05) is 0 Å². The highest BCUT2D eigenvalue weighted by Crippen LogP contribution is 1.75. The molecule has 0 fully saturated rings. The highest BCUT2D eigenvalue weighted by Gasteiger charge is 2.10. The van der Waals surface area contributed by atoms with Gasteiger partial charge in [0.25, 0.3) is 0 Å². The molecule has 6 heteroatoms. The van der Waals surface area contributed by atoms with E-state index in [1.807, 2.05) is 0 Å². The van der Waals surface area contributed by atoms with Gasteiger partial charge in [0.2, 0.25) is 0 Å². The fraction of sp³-hybridized carbons (Fsp3) is 0.444. The lowest BCUT2D eigenvalue weighted by Gasteiger charge is -2.08. The summed E-state index contributed by atoms with van der Waals surface area (Å²) in [5.41, 5.74) is -1.87. The van der Waals surface area contributed by atoms with Crippen molar-refractivity contribution in [1.29, 1.82) is 0 Å². The van der Waals surface area contributed by atoms with Gasteiger partial charge in [-0.25, -0.2) is 28.1 Å². The van der Waals surface area contributed by atoms with Crippen molar-refractivity contribution in [3.05, 3.63) is 38.0 Å². The van der Waals surface area contributed by atoms with Crippen LogP contribution < -0.4 is 17.1 Å². The first kappa shape index (κ1) is 11.2. The molecule has 0 atom stereocenters. The Morgan fingerprint density at radius 2 is 1.40 bits per heavy atom. The predicted octanol–water partition coefficient (Wildman–Crippen LogP) is -0.688. The van der Waals surface area contributed by atoms with Crippen LogP contribution in [-0.4, -0.2) is 13.7 Å². The molecule has 1 rings (SSSR count). The summed E-state index contributed by atoms with van der Waals surface area (Å²) >= 11 is 0. The average Bonchev–Trinajstić information content (AvgIpc) is 2.19. The molecule has 0 spiro atoms. The Morgan fingerprint density at radius 3 is 1.67 bits per heavy atom. The Morgan fingerprint density at radius 1 is 1.00 bits per heavy atom. The van der Waals surface area contributed by atoms with Crippen molar-refractivity contribution in [3.8, 4) is 0 Å². The van der Waals surface area contributed by atoms with Gasteiger partial charge in [-0.15, -0.1) is 0 Å². The van der Waals surface area contributed by atoms with E-state index < -0.39 is 17.1 Å². The van der Waals surface area contributed by atoms with Gasteiger partial charge in [0.1, 0.15) is 0 Å². The van der Waals surface area contributed by atoms with Crippen LogP contribution in [0.3, 0.4) is 0 Å². The Bertz CT molecular complexity index is 505. The summed E-state index contributed by atoms with van der Waals surface area (Å²) in [4.78, 5) is 34.8. The molecule has 0 aliphatic carbocycles. The first-order valence-electron chi connectivity index (χ1n) is 4.67. The van der Waals surface area contributed by atoms with Gasteiger partial charge in [0.05, 0.1) is 0 Å². The van der Waals surface area contributed by atoms with Crippen molar-refractivity contribution < 1.29 is 0 Å². The van der Waals surface area contributed by atoms with Crippen LogP contribution in [0.1, 0.15) is 13.8 Å². The number of hydrogen-bond donors (Lipinski definition) is 0. The van der Waals surface area contributed by atoms with Crippen molar-refractivity contribution in [1.82, 2.24) is 13.7 Å². The first-order chi connectivity index (χ1) is 7.08. The highest BCUT2D eigenvalue weighted by atomic mass is 16.2. The van der Waals surface area contributed by atoms with E-state index in [4.69, 9.17) is 0 Å². The zero-order chi connectivity index (χ0) is 11.6. The van der Waals surface area contributed by atoms with Crippen molar-refractivity contribution in [2.45, 2.75) is 26.9 Å². The minimum Gasteiger partial charge on any atom is -0.247 e. The summed E-state index contributed by atoms with van der Waals surface area (Å²) in [5.74, 6) is 0. The van der Waals surface area contributed by atoms with E-state index in [1.54, 1.807) is 13.8 Å². The van der Waals surface area contributed by atoms with Gasteiger partial charge in [0, 0.05) is 19.3 Å². The first-order valence-corrected chi connectivity index (χ1v) is 4.67. The van der Waals surface area contributed by atoms with Gasteiger partial charge in [-0.05, 0) is 13.8 Å². The summed E-state index contributed by atoms with van der Waals surface area (Å²) < 4.78 is 2.81. The molecule has 0 amide bonds. The summed E-state index contributed by atoms with van der Waals surface area (Å²) in [5, 5.41) is 0. The highest BCUT2D eigenvalue weighted by molar-refractivity contribution is 5.13. The topological polar surface area (TPSA) is 66.0 Å². The molecule has 0 radical (unpaired) electrons. The molecule has 0 bridgehead atoms. The van der Waals surface area contributed by atoms with Crippen LogP contribution in [0.15, 0.2) is 21.0 Å². The fourth-order valence-electron chi connectivity index (χ4n) is 1.35. The van der Waals surface area contributed by atoms with Crippen LogP contribution in [0, 0.1) is 0 Å². The second kappa shape index (κ2) is 4.12. The molecule has 1 heterocycles. The molecule has 1 aromatic rings. The molecular weight excluding hydrogens is 198 g/mol. The molecule has 0 unspecified atom stereocenters. The lowest BCUT2D eigenvalue weighted by Crippen LogP contribution is -2.52. The lowest BCUT2D eigenvalue weighted by atomic mass is 10.6. The van der Waals surface area contributed by atoms with Gasteiger partial charge in [-0.1, -0.05) is 6.58 Å². The van der Waals surface area contributed by atoms with Gasteiger partial charge in [0.15, 0.2) is 0 Å². The molecule has 1 aromatic heterocycles. The molecule has 0 aliphatic rings. The molecule has 0 N–H and O–H groups in total. The van der Waals surface area contributed by atoms with Crippen LogP contribution in [-0.2, 0) is 13.1 Å². The molecular formula is C9H13N3O3. The monoisotopic (exact) mass is 211 g/mol. The van der Waals surface area contributed by atoms with Crippen LogP contribution >= 0.6 is 0 Å². The molecule has 6 nitrogen and oxygen atoms in total. The van der Waals surface area contributed by atoms with E-state index in [-0.39, 0.29) is 13.1 Å². The third-order valence-corrected chi connectivity index (χ3v) is 2.15. The Labute approximate surface area is 85.7 Å². The number of rotatable bonds is 3. The minimum absolute atomic E-state index is 0.228. The van der Waals surface area contributed by atoms with Gasteiger partial charge < -0.3 is 0 Å². The van der Waals surface area contributed by atoms with Gasteiger partial charge in [-0.2, -0.15) is 0 Å². The van der Waals surface area contributed by atoms with Gasteiger partial charge in [-0.3, -0.25) is 0 Å². The van der Waals surface area contributed by atoms with Crippen LogP contribution in [0.2, 0.25) is 0 Å².